The summed E-state index contributed by atoms with van der Waals surface area (Å²) in [6, 6.07) is 7.39. The Balaban J connectivity index is 2.62. The molecule has 0 heterocycles. The van der Waals surface area contributed by atoms with Gasteiger partial charge in [0.2, 0.25) is 5.91 Å². The summed E-state index contributed by atoms with van der Waals surface area (Å²) in [5.41, 5.74) is 1.03. The predicted molar refractivity (Wildman–Crippen MR) is 67.9 cm³/mol. The number of hydrogen-bond donors (Lipinski definition) is 1. The molecular formula is C12H15Cl2NO. The Kier molecular flexibility index (Phi) is 5.10. The van der Waals surface area contributed by atoms with Crippen LogP contribution in [-0.2, 0) is 4.79 Å². The largest absolute Gasteiger partial charge is 0.349 e. The van der Waals surface area contributed by atoms with Gasteiger partial charge in [0.05, 0.1) is 6.04 Å². The average Bonchev–Trinajstić information content (AvgIpc) is 2.28. The summed E-state index contributed by atoms with van der Waals surface area (Å²) in [6.07, 6.45) is 0. The minimum Gasteiger partial charge on any atom is -0.349 e. The minimum atomic E-state index is -0.170. The van der Waals surface area contributed by atoms with E-state index >= 15 is 0 Å². The van der Waals surface area contributed by atoms with Gasteiger partial charge in [-0.05, 0) is 24.6 Å². The van der Waals surface area contributed by atoms with Crippen LogP contribution >= 0.6 is 23.2 Å². The van der Waals surface area contributed by atoms with Crippen LogP contribution in [0.5, 0.6) is 0 Å². The van der Waals surface area contributed by atoms with Crippen molar-refractivity contribution in [1.82, 2.24) is 5.32 Å². The van der Waals surface area contributed by atoms with Gasteiger partial charge in [0, 0.05) is 16.8 Å². The van der Waals surface area contributed by atoms with Crippen molar-refractivity contribution in [3.63, 3.8) is 0 Å². The number of carbonyl (C=O) groups is 1. The second kappa shape index (κ2) is 6.12. The van der Waals surface area contributed by atoms with Gasteiger partial charge in [0.1, 0.15) is 0 Å². The molecule has 0 aromatic heterocycles. The van der Waals surface area contributed by atoms with Crippen LogP contribution in [0.1, 0.15) is 25.5 Å². The summed E-state index contributed by atoms with van der Waals surface area (Å²) in [4.78, 5) is 11.6. The molecule has 2 atom stereocenters. The number of nitrogens with one attached hydrogen (secondary N) is 1. The zero-order chi connectivity index (χ0) is 12.1. The number of rotatable bonds is 4. The Hall–Kier alpha value is -0.730. The summed E-state index contributed by atoms with van der Waals surface area (Å²) >= 11 is 11.4. The van der Waals surface area contributed by atoms with Gasteiger partial charge in [-0.3, -0.25) is 4.79 Å². The highest BCUT2D eigenvalue weighted by Gasteiger charge is 2.14. The van der Waals surface area contributed by atoms with Gasteiger partial charge < -0.3 is 5.32 Å². The summed E-state index contributed by atoms with van der Waals surface area (Å²) in [5, 5.41) is 3.59. The Morgan fingerprint density at radius 2 is 1.88 bits per heavy atom. The number of amides is 1. The van der Waals surface area contributed by atoms with Crippen LogP contribution < -0.4 is 5.32 Å². The minimum absolute atomic E-state index is 0.0301. The highest BCUT2D eigenvalue weighted by atomic mass is 35.5. The van der Waals surface area contributed by atoms with Crippen LogP contribution in [0.3, 0.4) is 0 Å². The van der Waals surface area contributed by atoms with E-state index < -0.39 is 0 Å². The molecule has 88 valence electrons. The highest BCUT2D eigenvalue weighted by molar-refractivity contribution is 6.30. The molecule has 0 saturated carbocycles. The molecule has 0 aliphatic carbocycles. The van der Waals surface area contributed by atoms with Gasteiger partial charge in [-0.1, -0.05) is 30.7 Å². The van der Waals surface area contributed by atoms with E-state index in [9.17, 15) is 4.79 Å². The van der Waals surface area contributed by atoms with E-state index in [2.05, 4.69) is 5.32 Å². The van der Waals surface area contributed by atoms with E-state index in [-0.39, 0.29) is 17.9 Å². The van der Waals surface area contributed by atoms with Crippen LogP contribution in [0.2, 0.25) is 5.02 Å². The molecule has 4 heteroatoms. The van der Waals surface area contributed by atoms with Gasteiger partial charge in [0.15, 0.2) is 0 Å². The van der Waals surface area contributed by atoms with Crippen LogP contribution in [0.25, 0.3) is 0 Å². The molecule has 1 unspecified atom stereocenters. The molecule has 1 aromatic rings. The number of benzene rings is 1. The molecule has 0 radical (unpaired) electrons. The lowest BCUT2D eigenvalue weighted by atomic mass is 10.1. The van der Waals surface area contributed by atoms with Crippen molar-refractivity contribution in [1.29, 1.82) is 0 Å². The zero-order valence-corrected chi connectivity index (χ0v) is 10.8. The van der Waals surface area contributed by atoms with Gasteiger partial charge >= 0.3 is 0 Å². The van der Waals surface area contributed by atoms with E-state index in [1.165, 1.54) is 0 Å². The van der Waals surface area contributed by atoms with Crippen LogP contribution in [-0.4, -0.2) is 11.8 Å². The maximum absolute atomic E-state index is 11.6. The number of halogens is 2. The van der Waals surface area contributed by atoms with E-state index in [1.54, 1.807) is 6.92 Å². The fourth-order valence-electron chi connectivity index (χ4n) is 1.26. The van der Waals surface area contributed by atoms with Crippen molar-refractivity contribution in [2.24, 2.45) is 5.92 Å². The van der Waals surface area contributed by atoms with Gasteiger partial charge in [-0.25, -0.2) is 0 Å². The maximum Gasteiger partial charge on any atom is 0.224 e. The molecule has 0 saturated heterocycles. The first-order valence-corrected chi connectivity index (χ1v) is 6.07. The molecule has 1 amide bonds. The van der Waals surface area contributed by atoms with Crippen molar-refractivity contribution in [3.8, 4) is 0 Å². The third-order valence-electron chi connectivity index (χ3n) is 2.41. The fourth-order valence-corrected chi connectivity index (χ4v) is 1.53. The standard InChI is InChI=1S/C12H15Cl2NO/c1-8(7-13)12(16)15-9(2)10-3-5-11(14)6-4-10/h3-6,8-9H,7H2,1-2H3,(H,15,16)/t8?,9-/m0/s1. The first-order chi connectivity index (χ1) is 7.54. The molecule has 1 N–H and O–H groups in total. The lowest BCUT2D eigenvalue weighted by Crippen LogP contribution is -2.32. The highest BCUT2D eigenvalue weighted by Crippen LogP contribution is 2.16. The van der Waals surface area contributed by atoms with E-state index in [0.29, 0.717) is 10.9 Å². The quantitative estimate of drug-likeness (QED) is 0.826. The Morgan fingerprint density at radius 1 is 1.31 bits per heavy atom. The zero-order valence-electron chi connectivity index (χ0n) is 9.34. The first-order valence-electron chi connectivity index (χ1n) is 5.16. The van der Waals surface area contributed by atoms with Crippen LogP contribution in [0.4, 0.5) is 0 Å². The smallest absolute Gasteiger partial charge is 0.224 e. The third kappa shape index (κ3) is 3.69. The molecule has 0 bridgehead atoms. The van der Waals surface area contributed by atoms with Gasteiger partial charge in [-0.15, -0.1) is 11.6 Å². The first kappa shape index (κ1) is 13.3. The predicted octanol–water partition coefficient (Wildman–Crippen LogP) is 3.39. The number of carbonyl (C=O) groups excluding carboxylic acids is 1. The molecular weight excluding hydrogens is 245 g/mol. The van der Waals surface area contributed by atoms with Gasteiger partial charge in [-0.2, -0.15) is 0 Å². The van der Waals surface area contributed by atoms with Crippen LogP contribution in [0.15, 0.2) is 24.3 Å². The second-order valence-corrected chi connectivity index (χ2v) is 4.58. The number of hydrogen-bond acceptors (Lipinski definition) is 1. The topological polar surface area (TPSA) is 29.1 Å². The molecule has 0 fully saturated rings. The molecule has 2 nitrogen and oxygen atoms in total. The number of alkyl halides is 1. The van der Waals surface area contributed by atoms with Crippen molar-refractivity contribution < 1.29 is 4.79 Å². The Morgan fingerprint density at radius 3 is 2.38 bits per heavy atom. The molecule has 0 aliphatic rings. The maximum atomic E-state index is 11.6. The Bertz CT molecular complexity index is 351. The normalized spacial score (nSPS) is 14.2. The van der Waals surface area contributed by atoms with E-state index in [1.807, 2.05) is 31.2 Å². The van der Waals surface area contributed by atoms with Crippen molar-refractivity contribution in [2.75, 3.05) is 5.88 Å². The van der Waals surface area contributed by atoms with E-state index in [0.717, 1.165) is 5.56 Å². The van der Waals surface area contributed by atoms with Crippen molar-refractivity contribution in [3.05, 3.63) is 34.9 Å². The van der Waals surface area contributed by atoms with Crippen molar-refractivity contribution in [2.45, 2.75) is 19.9 Å². The fraction of sp³-hybridized carbons (Fsp3) is 0.417. The molecule has 1 aromatic carbocycles. The second-order valence-electron chi connectivity index (χ2n) is 3.84. The Labute approximate surface area is 106 Å². The van der Waals surface area contributed by atoms with Gasteiger partial charge in [0.25, 0.3) is 0 Å². The molecule has 0 aliphatic heterocycles. The van der Waals surface area contributed by atoms with E-state index in [4.69, 9.17) is 23.2 Å². The third-order valence-corrected chi connectivity index (χ3v) is 3.12. The van der Waals surface area contributed by atoms with Crippen molar-refractivity contribution >= 4 is 29.1 Å². The summed E-state index contributed by atoms with van der Waals surface area (Å²) in [7, 11) is 0. The lowest BCUT2D eigenvalue weighted by Gasteiger charge is -2.16. The molecule has 0 spiro atoms. The summed E-state index contributed by atoms with van der Waals surface area (Å²) < 4.78 is 0. The monoisotopic (exact) mass is 259 g/mol. The average molecular weight is 260 g/mol. The molecule has 1 rings (SSSR count). The summed E-state index contributed by atoms with van der Waals surface area (Å²) in [6.45, 7) is 3.74. The molecule has 16 heavy (non-hydrogen) atoms. The summed E-state index contributed by atoms with van der Waals surface area (Å²) in [5.74, 6) is 0.132. The SMILES string of the molecule is CC(CCl)C(=O)N[C@@H](C)c1ccc(Cl)cc1. The lowest BCUT2D eigenvalue weighted by molar-refractivity contribution is -0.124. The van der Waals surface area contributed by atoms with Crippen LogP contribution in [0, 0.1) is 5.92 Å².